The van der Waals surface area contributed by atoms with Gasteiger partial charge in [0.05, 0.1) is 17.7 Å². The van der Waals surface area contributed by atoms with Crippen LogP contribution in [0.2, 0.25) is 0 Å². The highest BCUT2D eigenvalue weighted by Crippen LogP contribution is 2.45. The van der Waals surface area contributed by atoms with Crippen LogP contribution in [0.15, 0.2) is 46.3 Å². The monoisotopic (exact) mass is 439 g/mol. The Kier molecular flexibility index (Phi) is 5.56. The molecule has 1 amide bonds. The Morgan fingerprint density at radius 3 is 2.68 bits per heavy atom. The molecule has 2 aromatic rings. The summed E-state index contributed by atoms with van der Waals surface area (Å²) in [5.74, 6) is 0.581. The molecule has 0 saturated carbocycles. The molecule has 2 aliphatic heterocycles. The van der Waals surface area contributed by atoms with Gasteiger partial charge in [-0.15, -0.1) is 0 Å². The number of benzene rings is 2. The van der Waals surface area contributed by atoms with Crippen LogP contribution in [0.5, 0.6) is 5.75 Å². The molecule has 0 aromatic heterocycles. The lowest BCUT2D eigenvalue weighted by molar-refractivity contribution is -0.115. The number of carbonyl (C=O) groups excluding carboxylic acids is 1. The molecule has 5 nitrogen and oxygen atoms in total. The maximum atomic E-state index is 13.1. The summed E-state index contributed by atoms with van der Waals surface area (Å²) in [7, 11) is 3.76. The Morgan fingerprint density at radius 2 is 2.00 bits per heavy atom. The number of anilines is 1. The largest absolute Gasteiger partial charge is 0.496 e. The van der Waals surface area contributed by atoms with Crippen molar-refractivity contribution in [1.82, 2.24) is 5.32 Å². The highest BCUT2D eigenvalue weighted by Gasteiger charge is 2.35. The van der Waals surface area contributed by atoms with Crippen molar-refractivity contribution in [2.45, 2.75) is 38.6 Å². The first kappa shape index (κ1) is 21.4. The zero-order chi connectivity index (χ0) is 22.3. The summed E-state index contributed by atoms with van der Waals surface area (Å²) < 4.78 is 18.8. The van der Waals surface area contributed by atoms with Gasteiger partial charge in [-0.3, -0.25) is 4.79 Å². The molecule has 4 rings (SSSR count). The molecule has 2 aromatic carbocycles. The molecule has 162 valence electrons. The SMILES string of the molecule is COc1cc2c(cc1/C=C1/SC(=Nc3ccc(F)cc3)NC1=O)C(C)CC(C)(C)N2C. The van der Waals surface area contributed by atoms with Gasteiger partial charge in [-0.2, -0.15) is 0 Å². The van der Waals surface area contributed by atoms with E-state index in [-0.39, 0.29) is 17.3 Å². The van der Waals surface area contributed by atoms with Crippen LogP contribution in [-0.4, -0.2) is 30.8 Å². The minimum atomic E-state index is -0.324. The normalized spacial score (nSPS) is 22.6. The van der Waals surface area contributed by atoms with Crippen molar-refractivity contribution in [2.24, 2.45) is 4.99 Å². The minimum absolute atomic E-state index is 0.0598. The first-order valence-electron chi connectivity index (χ1n) is 10.2. The Labute approximate surface area is 186 Å². The van der Waals surface area contributed by atoms with E-state index in [4.69, 9.17) is 4.74 Å². The number of methoxy groups -OCH3 is 1. The number of amidine groups is 1. The van der Waals surface area contributed by atoms with E-state index in [9.17, 15) is 9.18 Å². The zero-order valence-electron chi connectivity index (χ0n) is 18.3. The molecule has 2 aliphatic rings. The van der Waals surface area contributed by atoms with Crippen molar-refractivity contribution in [2.75, 3.05) is 19.1 Å². The molecule has 0 spiro atoms. The second-order valence-corrected chi connectivity index (χ2v) is 9.62. The lowest BCUT2D eigenvalue weighted by Crippen LogP contribution is -2.45. The zero-order valence-corrected chi connectivity index (χ0v) is 19.1. The molecule has 7 heteroatoms. The number of ether oxygens (including phenoxy) is 1. The number of fused-ring (bicyclic) bond motifs is 1. The van der Waals surface area contributed by atoms with Crippen molar-refractivity contribution in [1.29, 1.82) is 0 Å². The standard InChI is InChI=1S/C24H26FN3O2S/c1-14-13-24(2,3)28(4)19-12-20(30-5)15(10-18(14)19)11-21-22(29)27-23(31-21)26-17-8-6-16(25)7-9-17/h6-12,14H,13H2,1-5H3,(H,26,27,29)/b21-11+. The number of hydrogen-bond acceptors (Lipinski definition) is 5. The van der Waals surface area contributed by atoms with Gasteiger partial charge in [-0.05, 0) is 79.9 Å². The number of aliphatic imine (C=N–C) groups is 1. The lowest BCUT2D eigenvalue weighted by Gasteiger charge is -2.45. The van der Waals surface area contributed by atoms with Crippen molar-refractivity contribution < 1.29 is 13.9 Å². The average Bonchev–Trinajstić information content (AvgIpc) is 3.06. The van der Waals surface area contributed by atoms with Gasteiger partial charge in [0.1, 0.15) is 11.6 Å². The van der Waals surface area contributed by atoms with Gasteiger partial charge >= 0.3 is 0 Å². The minimum Gasteiger partial charge on any atom is -0.496 e. The van der Waals surface area contributed by atoms with Gasteiger partial charge in [0.15, 0.2) is 5.17 Å². The molecule has 1 saturated heterocycles. The number of nitrogens with one attached hydrogen (secondary N) is 1. The molecule has 2 heterocycles. The van der Waals surface area contributed by atoms with Crippen LogP contribution in [0.4, 0.5) is 15.8 Å². The van der Waals surface area contributed by atoms with E-state index in [0.29, 0.717) is 21.7 Å². The molecule has 1 unspecified atom stereocenters. The summed E-state index contributed by atoms with van der Waals surface area (Å²) >= 11 is 1.26. The lowest BCUT2D eigenvalue weighted by atomic mass is 9.80. The van der Waals surface area contributed by atoms with Gasteiger partial charge in [0.2, 0.25) is 0 Å². The number of carbonyl (C=O) groups is 1. The molecule has 1 N–H and O–H groups in total. The summed E-state index contributed by atoms with van der Waals surface area (Å²) in [6.07, 6.45) is 2.89. The first-order chi connectivity index (χ1) is 14.7. The van der Waals surface area contributed by atoms with Gasteiger partial charge in [-0.25, -0.2) is 9.38 Å². The highest BCUT2D eigenvalue weighted by atomic mass is 32.2. The smallest absolute Gasteiger partial charge is 0.264 e. The number of hydrogen-bond donors (Lipinski definition) is 1. The van der Waals surface area contributed by atoms with E-state index in [2.05, 4.69) is 55.2 Å². The summed E-state index contributed by atoms with van der Waals surface area (Å²) in [6.45, 7) is 6.73. The van der Waals surface area contributed by atoms with Crippen molar-refractivity contribution in [3.8, 4) is 5.75 Å². The van der Waals surface area contributed by atoms with Crippen LogP contribution in [0, 0.1) is 5.82 Å². The third kappa shape index (κ3) is 4.19. The fourth-order valence-corrected chi connectivity index (χ4v) is 4.99. The Morgan fingerprint density at radius 1 is 1.29 bits per heavy atom. The highest BCUT2D eigenvalue weighted by molar-refractivity contribution is 8.18. The fraction of sp³-hybridized carbons (Fsp3) is 0.333. The summed E-state index contributed by atoms with van der Waals surface area (Å²) in [6, 6.07) is 10.0. The fourth-order valence-electron chi connectivity index (χ4n) is 4.16. The summed E-state index contributed by atoms with van der Waals surface area (Å²) in [4.78, 5) is 19.8. The van der Waals surface area contributed by atoms with E-state index in [1.54, 1.807) is 19.2 Å². The van der Waals surface area contributed by atoms with E-state index in [1.165, 1.54) is 29.5 Å². The van der Waals surface area contributed by atoms with Gasteiger partial charge in [-0.1, -0.05) is 6.92 Å². The van der Waals surface area contributed by atoms with E-state index < -0.39 is 0 Å². The predicted molar refractivity (Wildman–Crippen MR) is 126 cm³/mol. The molecule has 1 fully saturated rings. The average molecular weight is 440 g/mol. The van der Waals surface area contributed by atoms with Crippen molar-refractivity contribution in [3.63, 3.8) is 0 Å². The van der Waals surface area contributed by atoms with Crippen LogP contribution in [-0.2, 0) is 4.79 Å². The van der Waals surface area contributed by atoms with E-state index in [0.717, 1.165) is 23.4 Å². The molecule has 1 atom stereocenters. The van der Waals surface area contributed by atoms with Crippen LogP contribution >= 0.6 is 11.8 Å². The van der Waals surface area contributed by atoms with Gasteiger partial charge in [0.25, 0.3) is 5.91 Å². The Hall–Kier alpha value is -2.80. The number of halogens is 1. The summed E-state index contributed by atoms with van der Waals surface area (Å²) in [5, 5.41) is 3.24. The van der Waals surface area contributed by atoms with Crippen LogP contribution < -0.4 is 15.0 Å². The quantitative estimate of drug-likeness (QED) is 0.647. The maximum absolute atomic E-state index is 13.1. The third-order valence-electron chi connectivity index (χ3n) is 5.98. The van der Waals surface area contributed by atoms with Crippen LogP contribution in [0.1, 0.15) is 44.2 Å². The van der Waals surface area contributed by atoms with Crippen LogP contribution in [0.3, 0.4) is 0 Å². The topological polar surface area (TPSA) is 53.9 Å². The molecule has 0 bridgehead atoms. The molecular weight excluding hydrogens is 413 g/mol. The van der Waals surface area contributed by atoms with E-state index >= 15 is 0 Å². The molecular formula is C24H26FN3O2S. The number of amides is 1. The predicted octanol–water partition coefficient (Wildman–Crippen LogP) is 5.45. The first-order valence-corrected chi connectivity index (χ1v) is 11.0. The number of rotatable bonds is 3. The maximum Gasteiger partial charge on any atom is 0.264 e. The summed E-state index contributed by atoms with van der Waals surface area (Å²) in [5.41, 5.74) is 3.91. The molecule has 0 radical (unpaired) electrons. The van der Waals surface area contributed by atoms with E-state index in [1.807, 2.05) is 6.08 Å². The Balaban J connectivity index is 1.68. The number of nitrogens with zero attached hydrogens (tertiary/aromatic N) is 2. The number of thioether (sulfide) groups is 1. The molecule has 31 heavy (non-hydrogen) atoms. The van der Waals surface area contributed by atoms with Gasteiger partial charge in [0, 0.05) is 29.9 Å². The van der Waals surface area contributed by atoms with Crippen molar-refractivity contribution >= 4 is 40.3 Å². The van der Waals surface area contributed by atoms with Gasteiger partial charge < -0.3 is 15.0 Å². The Bertz CT molecular complexity index is 1090. The third-order valence-corrected chi connectivity index (χ3v) is 6.89. The molecule has 0 aliphatic carbocycles. The van der Waals surface area contributed by atoms with Crippen molar-refractivity contribution in [3.05, 3.63) is 58.2 Å². The second-order valence-electron chi connectivity index (χ2n) is 8.59. The second kappa shape index (κ2) is 8.04. The van der Waals surface area contributed by atoms with Crippen LogP contribution in [0.25, 0.3) is 6.08 Å².